The molecule has 2 heterocycles. The zero-order valence-corrected chi connectivity index (χ0v) is 17.7. The Bertz CT molecular complexity index is 1060. The molecule has 0 N–H and O–H groups in total. The Kier molecular flexibility index (Phi) is 6.26. The number of ether oxygens (including phenoxy) is 2. The summed E-state index contributed by atoms with van der Waals surface area (Å²) < 4.78 is 12.2. The van der Waals surface area contributed by atoms with Gasteiger partial charge < -0.3 is 9.47 Å². The fraction of sp³-hybridized carbons (Fsp3) is 0.304. The van der Waals surface area contributed by atoms with E-state index in [1.807, 2.05) is 64.3 Å². The second kappa shape index (κ2) is 9.42. The summed E-state index contributed by atoms with van der Waals surface area (Å²) in [6.45, 7) is 3.03. The van der Waals surface area contributed by atoms with E-state index in [0.717, 1.165) is 35.4 Å². The van der Waals surface area contributed by atoms with Crippen LogP contribution in [0.4, 0.5) is 5.95 Å². The predicted octanol–water partition coefficient (Wildman–Crippen LogP) is 3.52. The van der Waals surface area contributed by atoms with E-state index in [9.17, 15) is 4.79 Å². The molecule has 160 valence electrons. The third-order valence-electron chi connectivity index (χ3n) is 4.95. The molecule has 8 nitrogen and oxygen atoms in total. The van der Waals surface area contributed by atoms with Gasteiger partial charge in [0, 0.05) is 19.0 Å². The van der Waals surface area contributed by atoms with Crippen molar-refractivity contribution in [2.75, 3.05) is 25.3 Å². The highest BCUT2D eigenvalue weighted by Crippen LogP contribution is 2.26. The lowest BCUT2D eigenvalue weighted by molar-refractivity contribution is -0.141. The fourth-order valence-electron chi connectivity index (χ4n) is 3.37. The van der Waals surface area contributed by atoms with Crippen molar-refractivity contribution in [3.63, 3.8) is 0 Å². The molecule has 3 aromatic rings. The van der Waals surface area contributed by atoms with Gasteiger partial charge in [0.05, 0.1) is 26.0 Å². The van der Waals surface area contributed by atoms with Gasteiger partial charge in [-0.05, 0) is 42.7 Å². The quantitative estimate of drug-likeness (QED) is 0.410. The van der Waals surface area contributed by atoms with Gasteiger partial charge in [0.15, 0.2) is 5.82 Å². The maximum atomic E-state index is 11.0. The number of unbranched alkanes of at least 4 members (excludes halogenated alkanes) is 1. The molecule has 2 aromatic carbocycles. The molecule has 0 saturated heterocycles. The largest absolute Gasteiger partial charge is 0.497 e. The number of hydrogen-bond donors (Lipinski definition) is 0. The summed E-state index contributed by atoms with van der Waals surface area (Å²) in [5, 5.41) is 11.5. The van der Waals surface area contributed by atoms with E-state index in [1.54, 1.807) is 7.11 Å². The number of carbonyl (C=O) groups excluding carboxylic acids is 1. The Balaban J connectivity index is 1.57. The number of carbonyl (C=O) groups is 1. The van der Waals surface area contributed by atoms with E-state index < -0.39 is 0 Å². The highest BCUT2D eigenvalue weighted by molar-refractivity contribution is 6.01. The molecule has 31 heavy (non-hydrogen) atoms. The standard InChI is InChI=1S/C23H25N5O3/c1-17(29)31-15-7-6-14-27-23-24-22(19-10-12-20(30-2)13-11-19)26-28(23)16-21(25-27)18-8-4-3-5-9-18/h3-5,8-13H,6-7,14-16H2,1-2H3. The molecule has 0 radical (unpaired) electrons. The molecule has 1 aliphatic heterocycles. The molecule has 1 aliphatic rings. The number of esters is 1. The van der Waals surface area contributed by atoms with Crippen LogP contribution in [0.5, 0.6) is 5.75 Å². The second-order valence-corrected chi connectivity index (χ2v) is 7.20. The lowest BCUT2D eigenvalue weighted by atomic mass is 10.1. The maximum Gasteiger partial charge on any atom is 0.302 e. The minimum absolute atomic E-state index is 0.258. The SMILES string of the molecule is COc1ccc(-c2nc3n(n2)CC(c2ccccc2)=NN3CCCCOC(C)=O)cc1. The van der Waals surface area contributed by atoms with Crippen LogP contribution < -0.4 is 9.75 Å². The highest BCUT2D eigenvalue weighted by Gasteiger charge is 2.24. The molecule has 0 atom stereocenters. The van der Waals surface area contributed by atoms with Crippen LogP contribution in [-0.2, 0) is 16.1 Å². The molecule has 4 rings (SSSR count). The maximum absolute atomic E-state index is 11.0. The van der Waals surface area contributed by atoms with Crippen LogP contribution >= 0.6 is 0 Å². The molecule has 0 aliphatic carbocycles. The zero-order valence-electron chi connectivity index (χ0n) is 17.7. The van der Waals surface area contributed by atoms with Gasteiger partial charge in [-0.15, -0.1) is 5.10 Å². The first-order valence-corrected chi connectivity index (χ1v) is 10.3. The zero-order chi connectivity index (χ0) is 21.6. The van der Waals surface area contributed by atoms with E-state index in [0.29, 0.717) is 31.5 Å². The summed E-state index contributed by atoms with van der Waals surface area (Å²) >= 11 is 0. The van der Waals surface area contributed by atoms with Crippen molar-refractivity contribution in [3.8, 4) is 17.1 Å². The van der Waals surface area contributed by atoms with Crippen molar-refractivity contribution >= 4 is 17.6 Å². The molecule has 0 fully saturated rings. The number of fused-ring (bicyclic) bond motifs is 1. The molecule has 1 aromatic heterocycles. The average Bonchev–Trinajstić information content (AvgIpc) is 3.23. The van der Waals surface area contributed by atoms with Gasteiger partial charge in [0.1, 0.15) is 5.75 Å². The Morgan fingerprint density at radius 2 is 1.81 bits per heavy atom. The first kappa shape index (κ1) is 20.6. The summed E-state index contributed by atoms with van der Waals surface area (Å²) in [7, 11) is 1.64. The van der Waals surface area contributed by atoms with Crippen LogP contribution in [0.25, 0.3) is 11.4 Å². The van der Waals surface area contributed by atoms with E-state index in [1.165, 1.54) is 6.92 Å². The molecular formula is C23H25N5O3. The Hall–Kier alpha value is -3.68. The van der Waals surface area contributed by atoms with E-state index in [2.05, 4.69) is 0 Å². The Labute approximate surface area is 181 Å². The Morgan fingerprint density at radius 1 is 1.03 bits per heavy atom. The van der Waals surface area contributed by atoms with Crippen molar-refractivity contribution in [1.82, 2.24) is 14.8 Å². The van der Waals surface area contributed by atoms with Gasteiger partial charge in [-0.25, -0.2) is 9.69 Å². The number of benzene rings is 2. The van der Waals surface area contributed by atoms with Crippen molar-refractivity contribution in [1.29, 1.82) is 0 Å². The van der Waals surface area contributed by atoms with Gasteiger partial charge >= 0.3 is 5.97 Å². The fourth-order valence-corrected chi connectivity index (χ4v) is 3.37. The first-order valence-electron chi connectivity index (χ1n) is 10.3. The van der Waals surface area contributed by atoms with Crippen molar-refractivity contribution in [3.05, 3.63) is 60.2 Å². The molecule has 0 unspecified atom stereocenters. The van der Waals surface area contributed by atoms with Crippen molar-refractivity contribution in [2.24, 2.45) is 5.10 Å². The predicted molar refractivity (Wildman–Crippen MR) is 118 cm³/mol. The van der Waals surface area contributed by atoms with E-state index >= 15 is 0 Å². The normalized spacial score (nSPS) is 12.8. The first-order chi connectivity index (χ1) is 15.1. The average molecular weight is 419 g/mol. The third-order valence-corrected chi connectivity index (χ3v) is 4.95. The van der Waals surface area contributed by atoms with Gasteiger partial charge in [-0.3, -0.25) is 4.79 Å². The summed E-state index contributed by atoms with van der Waals surface area (Å²) in [5.74, 6) is 1.88. The van der Waals surface area contributed by atoms with Gasteiger partial charge in [0.2, 0.25) is 5.95 Å². The lowest BCUT2D eigenvalue weighted by Gasteiger charge is -2.24. The molecule has 0 saturated carbocycles. The van der Waals surface area contributed by atoms with E-state index in [4.69, 9.17) is 24.7 Å². The number of aromatic nitrogens is 3. The number of rotatable bonds is 8. The summed E-state index contributed by atoms with van der Waals surface area (Å²) in [4.78, 5) is 15.7. The molecular weight excluding hydrogens is 394 g/mol. The number of hydrazone groups is 1. The van der Waals surface area contributed by atoms with Crippen LogP contribution in [0.15, 0.2) is 59.7 Å². The van der Waals surface area contributed by atoms with Crippen LogP contribution in [0.3, 0.4) is 0 Å². The lowest BCUT2D eigenvalue weighted by Crippen LogP contribution is -2.31. The highest BCUT2D eigenvalue weighted by atomic mass is 16.5. The number of methoxy groups -OCH3 is 1. The van der Waals surface area contributed by atoms with Gasteiger partial charge in [-0.1, -0.05) is 30.3 Å². The van der Waals surface area contributed by atoms with Crippen LogP contribution in [0.2, 0.25) is 0 Å². The van der Waals surface area contributed by atoms with Crippen LogP contribution in [-0.4, -0.2) is 46.7 Å². The number of hydrogen-bond acceptors (Lipinski definition) is 7. The monoisotopic (exact) mass is 419 g/mol. The minimum atomic E-state index is -0.258. The van der Waals surface area contributed by atoms with Crippen molar-refractivity contribution < 1.29 is 14.3 Å². The van der Waals surface area contributed by atoms with Crippen LogP contribution in [0, 0.1) is 0 Å². The third kappa shape index (κ3) is 4.91. The molecule has 0 amide bonds. The molecule has 0 spiro atoms. The van der Waals surface area contributed by atoms with Crippen LogP contribution in [0.1, 0.15) is 25.3 Å². The minimum Gasteiger partial charge on any atom is -0.497 e. The Morgan fingerprint density at radius 3 is 2.52 bits per heavy atom. The van der Waals surface area contributed by atoms with Gasteiger partial charge in [-0.2, -0.15) is 10.1 Å². The van der Waals surface area contributed by atoms with E-state index in [-0.39, 0.29) is 5.97 Å². The second-order valence-electron chi connectivity index (χ2n) is 7.20. The molecule has 0 bridgehead atoms. The summed E-state index contributed by atoms with van der Waals surface area (Å²) in [6.07, 6.45) is 1.56. The number of anilines is 1. The summed E-state index contributed by atoms with van der Waals surface area (Å²) in [5.41, 5.74) is 2.90. The topological polar surface area (TPSA) is 81.8 Å². The smallest absolute Gasteiger partial charge is 0.302 e. The van der Waals surface area contributed by atoms with Gasteiger partial charge in [0.25, 0.3) is 0 Å². The number of nitrogens with zero attached hydrogens (tertiary/aromatic N) is 5. The summed E-state index contributed by atoms with van der Waals surface area (Å²) in [6, 6.07) is 17.8. The van der Waals surface area contributed by atoms with Crippen molar-refractivity contribution in [2.45, 2.75) is 26.3 Å². The molecule has 8 heteroatoms.